The number of rotatable bonds is 5. The molecule has 0 saturated carbocycles. The first-order valence-electron chi connectivity index (χ1n) is 7.38. The molecule has 2 rings (SSSR count). The van der Waals surface area contributed by atoms with Crippen molar-refractivity contribution < 1.29 is 9.18 Å². The van der Waals surface area contributed by atoms with E-state index < -0.39 is 0 Å². The van der Waals surface area contributed by atoms with Crippen molar-refractivity contribution in [1.82, 2.24) is 10.2 Å². The standard InChI is InChI=1S/C18H18FN3O/c1-2-21-18(23)22(13-16-4-3-5-17(19)10-16)12-15-8-6-14(11-20)7-9-15/h3-10H,2,12-13H2,1H3,(H,21,23). The minimum atomic E-state index is -0.322. The van der Waals surface area contributed by atoms with E-state index >= 15 is 0 Å². The second-order valence-electron chi connectivity index (χ2n) is 5.13. The maximum Gasteiger partial charge on any atom is 0.317 e. The molecule has 0 saturated heterocycles. The molecule has 0 radical (unpaired) electrons. The summed E-state index contributed by atoms with van der Waals surface area (Å²) in [7, 11) is 0. The minimum absolute atomic E-state index is 0.207. The van der Waals surface area contributed by atoms with Crippen molar-refractivity contribution >= 4 is 6.03 Å². The highest BCUT2D eigenvalue weighted by atomic mass is 19.1. The van der Waals surface area contributed by atoms with Crippen LogP contribution in [0, 0.1) is 17.1 Å². The summed E-state index contributed by atoms with van der Waals surface area (Å²) in [6.45, 7) is 3.06. The van der Waals surface area contributed by atoms with Crippen LogP contribution in [0.3, 0.4) is 0 Å². The second-order valence-corrected chi connectivity index (χ2v) is 5.13. The highest BCUT2D eigenvalue weighted by Gasteiger charge is 2.14. The molecule has 23 heavy (non-hydrogen) atoms. The van der Waals surface area contributed by atoms with Crippen LogP contribution < -0.4 is 5.32 Å². The highest BCUT2D eigenvalue weighted by Crippen LogP contribution is 2.12. The van der Waals surface area contributed by atoms with E-state index in [1.807, 2.05) is 19.1 Å². The van der Waals surface area contributed by atoms with Crippen LogP contribution in [0.15, 0.2) is 48.5 Å². The van der Waals surface area contributed by atoms with E-state index in [1.165, 1.54) is 12.1 Å². The molecule has 0 aliphatic carbocycles. The predicted octanol–water partition coefficient (Wildman–Crippen LogP) is 3.43. The fraction of sp³-hybridized carbons (Fsp3) is 0.222. The van der Waals surface area contributed by atoms with Crippen molar-refractivity contribution in [2.24, 2.45) is 0 Å². The molecule has 0 fully saturated rings. The van der Waals surface area contributed by atoms with Crippen LogP contribution in [0.2, 0.25) is 0 Å². The Kier molecular flexibility index (Phi) is 5.70. The van der Waals surface area contributed by atoms with Gasteiger partial charge in [0.25, 0.3) is 0 Å². The summed E-state index contributed by atoms with van der Waals surface area (Å²) >= 11 is 0. The Labute approximate surface area is 135 Å². The normalized spacial score (nSPS) is 9.96. The van der Waals surface area contributed by atoms with E-state index in [1.54, 1.807) is 29.2 Å². The summed E-state index contributed by atoms with van der Waals surface area (Å²) in [5, 5.41) is 11.6. The Balaban J connectivity index is 2.16. The number of amides is 2. The maximum absolute atomic E-state index is 13.3. The topological polar surface area (TPSA) is 56.1 Å². The van der Waals surface area contributed by atoms with Crippen molar-refractivity contribution in [3.8, 4) is 6.07 Å². The molecule has 0 aliphatic rings. The van der Waals surface area contributed by atoms with Crippen LogP contribution in [0.1, 0.15) is 23.6 Å². The molecule has 2 amide bonds. The number of carbonyl (C=O) groups excluding carboxylic acids is 1. The van der Waals surface area contributed by atoms with Crippen LogP contribution in [-0.4, -0.2) is 17.5 Å². The number of benzene rings is 2. The molecule has 0 heterocycles. The van der Waals surface area contributed by atoms with Crippen molar-refractivity contribution in [1.29, 1.82) is 5.26 Å². The fourth-order valence-electron chi connectivity index (χ4n) is 2.22. The second kappa shape index (κ2) is 7.95. The smallest absolute Gasteiger partial charge is 0.317 e. The molecule has 4 nitrogen and oxygen atoms in total. The first kappa shape index (κ1) is 16.5. The number of nitrogens with one attached hydrogen (secondary N) is 1. The number of hydrogen-bond acceptors (Lipinski definition) is 2. The molecule has 0 bridgehead atoms. The SMILES string of the molecule is CCNC(=O)N(Cc1ccc(C#N)cc1)Cc1cccc(F)c1. The minimum Gasteiger partial charge on any atom is -0.338 e. The maximum atomic E-state index is 13.3. The Morgan fingerprint density at radius 2 is 1.87 bits per heavy atom. The number of nitrogens with zero attached hydrogens (tertiary/aromatic N) is 2. The Bertz CT molecular complexity index is 707. The van der Waals surface area contributed by atoms with Gasteiger partial charge in [-0.15, -0.1) is 0 Å². The van der Waals surface area contributed by atoms with Gasteiger partial charge in [0, 0.05) is 19.6 Å². The first-order chi connectivity index (χ1) is 11.1. The number of urea groups is 1. The molecule has 0 aliphatic heterocycles. The van der Waals surface area contributed by atoms with Crippen LogP contribution in [0.4, 0.5) is 9.18 Å². The monoisotopic (exact) mass is 311 g/mol. The van der Waals surface area contributed by atoms with Crippen molar-refractivity contribution in [3.63, 3.8) is 0 Å². The lowest BCUT2D eigenvalue weighted by Crippen LogP contribution is -2.39. The molecule has 5 heteroatoms. The van der Waals surface area contributed by atoms with Crippen molar-refractivity contribution in [2.45, 2.75) is 20.0 Å². The van der Waals surface area contributed by atoms with Gasteiger partial charge in [-0.2, -0.15) is 5.26 Å². The average Bonchev–Trinajstić information content (AvgIpc) is 2.55. The molecule has 0 unspecified atom stereocenters. The highest BCUT2D eigenvalue weighted by molar-refractivity contribution is 5.74. The van der Waals surface area contributed by atoms with Gasteiger partial charge in [-0.1, -0.05) is 24.3 Å². The molecule has 2 aromatic rings. The summed E-state index contributed by atoms with van der Waals surface area (Å²) in [5.41, 5.74) is 2.21. The Morgan fingerprint density at radius 1 is 1.17 bits per heavy atom. The summed E-state index contributed by atoms with van der Waals surface area (Å²) in [5.74, 6) is -0.322. The average molecular weight is 311 g/mol. The number of halogens is 1. The van der Waals surface area contributed by atoms with E-state index in [9.17, 15) is 9.18 Å². The largest absolute Gasteiger partial charge is 0.338 e. The lowest BCUT2D eigenvalue weighted by atomic mass is 10.1. The lowest BCUT2D eigenvalue weighted by Gasteiger charge is -2.23. The third kappa shape index (κ3) is 4.82. The van der Waals surface area contributed by atoms with Gasteiger partial charge in [0.1, 0.15) is 5.82 Å². The molecular weight excluding hydrogens is 293 g/mol. The molecule has 0 atom stereocenters. The Morgan fingerprint density at radius 3 is 2.48 bits per heavy atom. The molecular formula is C18H18FN3O. The third-order valence-corrected chi connectivity index (χ3v) is 3.33. The van der Waals surface area contributed by atoms with Gasteiger partial charge in [-0.05, 0) is 42.3 Å². The van der Waals surface area contributed by atoms with Gasteiger partial charge < -0.3 is 10.2 Å². The number of carbonyl (C=O) groups is 1. The first-order valence-corrected chi connectivity index (χ1v) is 7.38. The molecule has 0 spiro atoms. The summed E-state index contributed by atoms with van der Waals surface area (Å²) < 4.78 is 13.3. The number of nitriles is 1. The van der Waals surface area contributed by atoms with Crippen LogP contribution in [0.25, 0.3) is 0 Å². The van der Waals surface area contributed by atoms with E-state index in [0.717, 1.165) is 11.1 Å². The van der Waals surface area contributed by atoms with Crippen molar-refractivity contribution in [3.05, 3.63) is 71.0 Å². The van der Waals surface area contributed by atoms with Gasteiger partial charge in [0.15, 0.2) is 0 Å². The summed E-state index contributed by atoms with van der Waals surface area (Å²) in [6, 6.07) is 15.1. The van der Waals surface area contributed by atoms with Gasteiger partial charge in [-0.25, -0.2) is 9.18 Å². The van der Waals surface area contributed by atoms with Crippen LogP contribution in [-0.2, 0) is 13.1 Å². The van der Waals surface area contributed by atoms with E-state index in [4.69, 9.17) is 5.26 Å². The molecule has 2 aromatic carbocycles. The quantitative estimate of drug-likeness (QED) is 0.919. The van der Waals surface area contributed by atoms with Crippen LogP contribution >= 0.6 is 0 Å². The van der Waals surface area contributed by atoms with E-state index in [-0.39, 0.29) is 11.8 Å². The van der Waals surface area contributed by atoms with Gasteiger partial charge in [-0.3, -0.25) is 0 Å². The zero-order valence-corrected chi connectivity index (χ0v) is 12.9. The van der Waals surface area contributed by atoms with Gasteiger partial charge in [0.2, 0.25) is 0 Å². The number of hydrogen-bond donors (Lipinski definition) is 1. The van der Waals surface area contributed by atoms with Gasteiger partial charge in [0.05, 0.1) is 11.6 Å². The summed E-state index contributed by atoms with van der Waals surface area (Å²) in [6.07, 6.45) is 0. The predicted molar refractivity (Wildman–Crippen MR) is 85.9 cm³/mol. The molecule has 1 N–H and O–H groups in total. The molecule has 118 valence electrons. The summed E-state index contributed by atoms with van der Waals surface area (Å²) in [4.78, 5) is 13.8. The van der Waals surface area contributed by atoms with Crippen molar-refractivity contribution in [2.75, 3.05) is 6.54 Å². The van der Waals surface area contributed by atoms with E-state index in [0.29, 0.717) is 25.2 Å². The van der Waals surface area contributed by atoms with Crippen LogP contribution in [0.5, 0.6) is 0 Å². The zero-order valence-electron chi connectivity index (χ0n) is 12.9. The zero-order chi connectivity index (χ0) is 16.7. The van der Waals surface area contributed by atoms with Gasteiger partial charge >= 0.3 is 6.03 Å². The van der Waals surface area contributed by atoms with E-state index in [2.05, 4.69) is 11.4 Å². The Hall–Kier alpha value is -2.87. The molecule has 0 aromatic heterocycles. The third-order valence-electron chi connectivity index (χ3n) is 3.33. The fourth-order valence-corrected chi connectivity index (χ4v) is 2.22. The lowest BCUT2D eigenvalue weighted by molar-refractivity contribution is 0.193.